The van der Waals surface area contributed by atoms with Gasteiger partial charge in [-0.15, -0.1) is 0 Å². The van der Waals surface area contributed by atoms with Gasteiger partial charge in [-0.25, -0.2) is 0 Å². The Morgan fingerprint density at radius 2 is 1.26 bits per heavy atom. The summed E-state index contributed by atoms with van der Waals surface area (Å²) in [6, 6.07) is 12.2. The van der Waals surface area contributed by atoms with Gasteiger partial charge < -0.3 is 18.9 Å². The molecule has 0 spiro atoms. The highest BCUT2D eigenvalue weighted by Crippen LogP contribution is 2.40. The number of hydrogen-bond acceptors (Lipinski definition) is 6. The highest BCUT2D eigenvalue weighted by atomic mass is 16.5. The minimum atomic E-state index is 0.0475. The van der Waals surface area contributed by atoms with Crippen molar-refractivity contribution in [2.24, 2.45) is 5.10 Å². The van der Waals surface area contributed by atoms with Crippen LogP contribution < -0.4 is 18.9 Å². The standard InChI is InChI=1S/C28H40N2O4/c1-6-14-31-21-10-12-27(33-16-8-3)23(18-21)25-20-26(30(5)29-25)24-19-22(32-15-7-2)11-13-28(24)34-17-9-4/h10-13,18-19,26H,6-9,14-17,20H2,1-5H3. The normalized spacial score (nSPS) is 15.3. The van der Waals surface area contributed by atoms with Crippen LogP contribution in [0.25, 0.3) is 0 Å². The molecule has 6 heteroatoms. The molecule has 0 bridgehead atoms. The predicted octanol–water partition coefficient (Wildman–Crippen LogP) is 6.62. The number of ether oxygens (including phenoxy) is 4. The van der Waals surface area contributed by atoms with Crippen LogP contribution in [-0.2, 0) is 0 Å². The van der Waals surface area contributed by atoms with E-state index >= 15 is 0 Å². The van der Waals surface area contributed by atoms with E-state index in [2.05, 4.69) is 39.8 Å². The van der Waals surface area contributed by atoms with Crippen LogP contribution in [0.3, 0.4) is 0 Å². The number of hydrogen-bond donors (Lipinski definition) is 0. The molecule has 0 aliphatic carbocycles. The molecule has 6 nitrogen and oxygen atoms in total. The molecule has 3 rings (SSSR count). The van der Waals surface area contributed by atoms with Crippen molar-refractivity contribution >= 4 is 5.71 Å². The van der Waals surface area contributed by atoms with E-state index in [4.69, 9.17) is 24.0 Å². The van der Waals surface area contributed by atoms with Crippen molar-refractivity contribution in [1.82, 2.24) is 5.01 Å². The Bertz CT molecular complexity index is 944. The third-order valence-corrected chi connectivity index (χ3v) is 5.59. The first kappa shape index (κ1) is 25.7. The molecule has 0 radical (unpaired) electrons. The Labute approximate surface area is 204 Å². The second kappa shape index (κ2) is 13.1. The van der Waals surface area contributed by atoms with Crippen molar-refractivity contribution in [3.8, 4) is 23.0 Å². The van der Waals surface area contributed by atoms with E-state index in [1.54, 1.807) is 0 Å². The van der Waals surface area contributed by atoms with Crippen molar-refractivity contribution < 1.29 is 18.9 Å². The summed E-state index contributed by atoms with van der Waals surface area (Å²) in [6.07, 6.45) is 4.59. The molecule has 2 aromatic carbocycles. The van der Waals surface area contributed by atoms with Crippen molar-refractivity contribution in [2.45, 2.75) is 65.8 Å². The zero-order valence-corrected chi connectivity index (χ0v) is 21.4. The summed E-state index contributed by atoms with van der Waals surface area (Å²) in [5, 5.41) is 6.96. The smallest absolute Gasteiger partial charge is 0.128 e. The van der Waals surface area contributed by atoms with E-state index < -0.39 is 0 Å². The number of benzene rings is 2. The van der Waals surface area contributed by atoms with Crippen LogP contribution in [0, 0.1) is 0 Å². The van der Waals surface area contributed by atoms with Crippen molar-refractivity contribution in [1.29, 1.82) is 0 Å². The second-order valence-electron chi connectivity index (χ2n) is 8.59. The van der Waals surface area contributed by atoms with Gasteiger partial charge in [-0.1, -0.05) is 27.7 Å². The van der Waals surface area contributed by atoms with Crippen molar-refractivity contribution in [2.75, 3.05) is 33.5 Å². The molecule has 0 amide bonds. The monoisotopic (exact) mass is 468 g/mol. The van der Waals surface area contributed by atoms with Gasteiger partial charge in [0.1, 0.15) is 23.0 Å². The van der Waals surface area contributed by atoms with Gasteiger partial charge in [-0.2, -0.15) is 5.10 Å². The van der Waals surface area contributed by atoms with Gasteiger partial charge in [-0.05, 0) is 62.1 Å². The molecule has 1 aliphatic rings. The van der Waals surface area contributed by atoms with Gasteiger partial charge in [0.05, 0.1) is 38.2 Å². The molecule has 0 fully saturated rings. The maximum atomic E-state index is 6.11. The highest BCUT2D eigenvalue weighted by molar-refractivity contribution is 6.04. The lowest BCUT2D eigenvalue weighted by molar-refractivity contribution is 0.264. The van der Waals surface area contributed by atoms with E-state index in [1.165, 1.54) is 0 Å². The molecule has 186 valence electrons. The molecule has 0 N–H and O–H groups in total. The minimum absolute atomic E-state index is 0.0475. The number of hydrazone groups is 1. The summed E-state index contributed by atoms with van der Waals surface area (Å²) in [5.74, 6) is 3.45. The molecule has 0 saturated carbocycles. The van der Waals surface area contributed by atoms with E-state index in [0.717, 1.165) is 71.9 Å². The first-order valence-corrected chi connectivity index (χ1v) is 12.7. The van der Waals surface area contributed by atoms with Gasteiger partial charge >= 0.3 is 0 Å². The van der Waals surface area contributed by atoms with E-state index in [9.17, 15) is 0 Å². The lowest BCUT2D eigenvalue weighted by Gasteiger charge is -2.23. The fourth-order valence-electron chi connectivity index (χ4n) is 3.91. The second-order valence-corrected chi connectivity index (χ2v) is 8.59. The Morgan fingerprint density at radius 3 is 1.88 bits per heavy atom. The fraction of sp³-hybridized carbons (Fsp3) is 0.536. The first-order chi connectivity index (χ1) is 16.6. The molecular weight excluding hydrogens is 428 g/mol. The molecule has 0 aromatic heterocycles. The lowest BCUT2D eigenvalue weighted by atomic mass is 9.97. The summed E-state index contributed by atoms with van der Waals surface area (Å²) < 4.78 is 24.0. The van der Waals surface area contributed by atoms with Crippen LogP contribution in [0.4, 0.5) is 0 Å². The first-order valence-electron chi connectivity index (χ1n) is 12.7. The summed E-state index contributed by atoms with van der Waals surface area (Å²) in [6.45, 7) is 11.2. The third kappa shape index (κ3) is 6.58. The van der Waals surface area contributed by atoms with Gasteiger partial charge in [-0.3, -0.25) is 5.01 Å². The lowest BCUT2D eigenvalue weighted by Crippen LogP contribution is -2.16. The molecule has 0 saturated heterocycles. The highest BCUT2D eigenvalue weighted by Gasteiger charge is 2.30. The van der Waals surface area contributed by atoms with Gasteiger partial charge in [0, 0.05) is 24.6 Å². The average Bonchev–Trinajstić information content (AvgIpc) is 3.25. The summed E-state index contributed by atoms with van der Waals surface area (Å²) in [4.78, 5) is 0. The Balaban J connectivity index is 1.91. The van der Waals surface area contributed by atoms with Crippen LogP contribution in [0.15, 0.2) is 41.5 Å². The van der Waals surface area contributed by atoms with Crippen molar-refractivity contribution in [3.63, 3.8) is 0 Å². The van der Waals surface area contributed by atoms with Crippen LogP contribution in [-0.4, -0.2) is 44.2 Å². The zero-order chi connectivity index (χ0) is 24.3. The number of rotatable bonds is 14. The van der Waals surface area contributed by atoms with E-state index in [0.29, 0.717) is 26.4 Å². The van der Waals surface area contributed by atoms with Gasteiger partial charge in [0.25, 0.3) is 0 Å². The molecule has 34 heavy (non-hydrogen) atoms. The van der Waals surface area contributed by atoms with Crippen molar-refractivity contribution in [3.05, 3.63) is 47.5 Å². The van der Waals surface area contributed by atoms with E-state index in [1.807, 2.05) is 36.3 Å². The molecule has 1 aliphatic heterocycles. The predicted molar refractivity (Wildman–Crippen MR) is 138 cm³/mol. The summed E-state index contributed by atoms with van der Waals surface area (Å²) >= 11 is 0. The number of nitrogens with zero attached hydrogens (tertiary/aromatic N) is 2. The fourth-order valence-corrected chi connectivity index (χ4v) is 3.91. The topological polar surface area (TPSA) is 52.5 Å². The quantitative estimate of drug-likeness (QED) is 0.312. The summed E-state index contributed by atoms with van der Waals surface area (Å²) in [7, 11) is 2.02. The molecular formula is C28H40N2O4. The molecule has 1 atom stereocenters. The Kier molecular flexibility index (Phi) is 9.92. The largest absolute Gasteiger partial charge is 0.494 e. The summed E-state index contributed by atoms with van der Waals surface area (Å²) in [5.41, 5.74) is 3.07. The third-order valence-electron chi connectivity index (χ3n) is 5.59. The Morgan fingerprint density at radius 1 is 0.735 bits per heavy atom. The average molecular weight is 469 g/mol. The molecule has 1 heterocycles. The maximum absolute atomic E-state index is 6.11. The van der Waals surface area contributed by atoms with Crippen LogP contribution in [0.1, 0.15) is 77.0 Å². The zero-order valence-electron chi connectivity index (χ0n) is 21.4. The molecule has 1 unspecified atom stereocenters. The minimum Gasteiger partial charge on any atom is -0.494 e. The van der Waals surface area contributed by atoms with Crippen LogP contribution >= 0.6 is 0 Å². The van der Waals surface area contributed by atoms with Crippen LogP contribution in [0.2, 0.25) is 0 Å². The van der Waals surface area contributed by atoms with Gasteiger partial charge in [0.2, 0.25) is 0 Å². The van der Waals surface area contributed by atoms with Crippen LogP contribution in [0.5, 0.6) is 23.0 Å². The SMILES string of the molecule is CCCOc1ccc(OCCC)c(C2=NN(C)C(c3cc(OCCC)ccc3OCCC)C2)c1. The maximum Gasteiger partial charge on any atom is 0.128 e. The van der Waals surface area contributed by atoms with E-state index in [-0.39, 0.29) is 6.04 Å². The van der Waals surface area contributed by atoms with Gasteiger partial charge in [0.15, 0.2) is 0 Å². The Hall–Kier alpha value is -2.89. The molecule has 2 aromatic rings.